The first-order valence-electron chi connectivity index (χ1n) is 13.0. The van der Waals surface area contributed by atoms with Gasteiger partial charge in [0.15, 0.2) is 14.8 Å². The first-order chi connectivity index (χ1) is 18.5. The van der Waals surface area contributed by atoms with E-state index in [2.05, 4.69) is 71.0 Å². The van der Waals surface area contributed by atoms with E-state index in [1.165, 1.54) is 22.5 Å². The molecule has 200 valence electrons. The van der Waals surface area contributed by atoms with Crippen molar-refractivity contribution in [2.24, 2.45) is 0 Å². The highest BCUT2D eigenvalue weighted by molar-refractivity contribution is 7.98. The van der Waals surface area contributed by atoms with Crippen molar-refractivity contribution in [3.05, 3.63) is 108 Å². The monoisotopic (exact) mass is 571 g/mol. The van der Waals surface area contributed by atoms with Crippen LogP contribution in [0.25, 0.3) is 21.7 Å². The fraction of sp³-hybridized carbons (Fsp3) is 0.281. The lowest BCUT2D eigenvalue weighted by Crippen LogP contribution is -2.23. The van der Waals surface area contributed by atoms with Crippen molar-refractivity contribution in [1.82, 2.24) is 14.1 Å². The lowest BCUT2D eigenvalue weighted by Gasteiger charge is -2.19. The van der Waals surface area contributed by atoms with Crippen molar-refractivity contribution in [2.45, 2.75) is 64.8 Å². The number of thioether (sulfide) groups is 1. The molecule has 0 fully saturated rings. The average molecular weight is 572 g/mol. The smallest absolute Gasteiger partial charge is 0.275 e. The highest BCUT2D eigenvalue weighted by Crippen LogP contribution is 2.32. The Balaban J connectivity index is 1.72. The Hall–Kier alpha value is -3.00. The molecule has 0 radical (unpaired) electrons. The molecule has 0 spiro atoms. The largest absolute Gasteiger partial charge is 0.278 e. The van der Waals surface area contributed by atoms with Crippen molar-refractivity contribution in [1.29, 1.82) is 0 Å². The van der Waals surface area contributed by atoms with E-state index in [1.807, 2.05) is 42.7 Å². The minimum Gasteiger partial charge on any atom is -0.275 e. The van der Waals surface area contributed by atoms with Crippen molar-refractivity contribution in [3.63, 3.8) is 0 Å². The third-order valence-corrected chi connectivity index (χ3v) is 9.45. The quantitative estimate of drug-likeness (QED) is 0.120. The van der Waals surface area contributed by atoms with E-state index in [-0.39, 0.29) is 11.0 Å². The summed E-state index contributed by atoms with van der Waals surface area (Å²) < 4.78 is 4.98. The van der Waals surface area contributed by atoms with Crippen molar-refractivity contribution in [2.75, 3.05) is 0 Å². The number of rotatable bonds is 5. The van der Waals surface area contributed by atoms with E-state index in [9.17, 15) is 4.79 Å². The van der Waals surface area contributed by atoms with Crippen LogP contribution in [-0.2, 0) is 11.2 Å². The molecule has 0 atom stereocenters. The molecule has 3 aromatic carbocycles. The minimum atomic E-state index is -0.0796. The van der Waals surface area contributed by atoms with E-state index >= 15 is 0 Å². The summed E-state index contributed by atoms with van der Waals surface area (Å²) in [7, 11) is 0. The summed E-state index contributed by atoms with van der Waals surface area (Å²) in [6, 6.07) is 21.0. The molecule has 2 aromatic heterocycles. The van der Waals surface area contributed by atoms with Gasteiger partial charge in [0.05, 0.1) is 11.4 Å². The summed E-state index contributed by atoms with van der Waals surface area (Å²) in [6.07, 6.45) is 0. The summed E-state index contributed by atoms with van der Waals surface area (Å²) >= 11 is 8.76. The zero-order valence-corrected chi connectivity index (χ0v) is 25.9. The van der Waals surface area contributed by atoms with Crippen molar-refractivity contribution in [3.8, 4) is 11.4 Å². The summed E-state index contributed by atoms with van der Waals surface area (Å²) in [4.78, 5) is 19.4. The Morgan fingerprint density at radius 3 is 1.85 bits per heavy atom. The van der Waals surface area contributed by atoms with E-state index in [1.54, 1.807) is 16.3 Å². The van der Waals surface area contributed by atoms with Crippen molar-refractivity contribution < 1.29 is 0 Å². The first-order valence-corrected chi connectivity index (χ1v) is 15.2. The predicted molar refractivity (Wildman–Crippen MR) is 169 cm³/mol. The molecule has 0 unspecified atom stereocenters. The molecule has 0 saturated carbocycles. The fourth-order valence-corrected chi connectivity index (χ4v) is 7.21. The van der Waals surface area contributed by atoms with Gasteiger partial charge in [-0.2, -0.15) is 0 Å². The molecule has 0 N–H and O–H groups in total. The molecule has 0 aliphatic carbocycles. The SMILES string of the molecule is Cc1cccc(C)c1-n1c(SCc2ccc(C(C)(C)C)cc2)nc2c(sc(=S)n2-c2c(C)cccc2C)c1=O. The topological polar surface area (TPSA) is 39.8 Å². The van der Waals surface area contributed by atoms with Crippen LogP contribution in [0.3, 0.4) is 0 Å². The highest BCUT2D eigenvalue weighted by Gasteiger charge is 2.22. The second kappa shape index (κ2) is 10.5. The Morgan fingerprint density at radius 2 is 1.33 bits per heavy atom. The molecular formula is C32H33N3OS3. The van der Waals surface area contributed by atoms with Crippen LogP contribution in [0.15, 0.2) is 70.6 Å². The molecular weight excluding hydrogens is 539 g/mol. The summed E-state index contributed by atoms with van der Waals surface area (Å²) in [5.74, 6) is 0.696. The van der Waals surface area contributed by atoms with Gasteiger partial charge in [-0.3, -0.25) is 13.9 Å². The van der Waals surface area contributed by atoms with Gasteiger partial charge in [-0.25, -0.2) is 4.98 Å². The summed E-state index contributed by atoms with van der Waals surface area (Å²) in [6.45, 7) is 14.9. The maximum absolute atomic E-state index is 14.2. The van der Waals surface area contributed by atoms with E-state index in [4.69, 9.17) is 17.2 Å². The zero-order valence-electron chi connectivity index (χ0n) is 23.5. The predicted octanol–water partition coefficient (Wildman–Crippen LogP) is 8.79. The third kappa shape index (κ3) is 5.15. The Labute approximate surface area is 243 Å². The first kappa shape index (κ1) is 27.6. The molecule has 5 rings (SSSR count). The zero-order chi connectivity index (χ0) is 28.1. The van der Waals surface area contributed by atoms with E-state index < -0.39 is 0 Å². The molecule has 4 nitrogen and oxygen atoms in total. The molecule has 0 aliphatic rings. The highest BCUT2D eigenvalue weighted by atomic mass is 32.2. The number of benzene rings is 3. The molecule has 0 amide bonds. The van der Waals surface area contributed by atoms with Gasteiger partial charge in [0.25, 0.3) is 5.56 Å². The number of hydrogen-bond donors (Lipinski definition) is 0. The Bertz CT molecular complexity index is 1780. The maximum Gasteiger partial charge on any atom is 0.278 e. The molecule has 39 heavy (non-hydrogen) atoms. The number of hydrogen-bond acceptors (Lipinski definition) is 5. The molecule has 0 saturated heterocycles. The second-order valence-corrected chi connectivity index (χ2v) is 13.7. The number of aryl methyl sites for hydroxylation is 4. The van der Waals surface area contributed by atoms with Crippen LogP contribution >= 0.6 is 35.3 Å². The fourth-order valence-electron chi connectivity index (χ4n) is 4.99. The van der Waals surface area contributed by atoms with E-state index in [0.29, 0.717) is 25.2 Å². The van der Waals surface area contributed by atoms with Gasteiger partial charge in [0, 0.05) is 5.75 Å². The van der Waals surface area contributed by atoms with Crippen LogP contribution in [0.5, 0.6) is 0 Å². The van der Waals surface area contributed by atoms with Gasteiger partial charge >= 0.3 is 0 Å². The molecule has 0 bridgehead atoms. The number of nitrogens with zero attached hydrogens (tertiary/aromatic N) is 3. The van der Waals surface area contributed by atoms with E-state index in [0.717, 1.165) is 33.6 Å². The van der Waals surface area contributed by atoms with Crippen LogP contribution < -0.4 is 5.56 Å². The lowest BCUT2D eigenvalue weighted by molar-refractivity contribution is 0.590. The van der Waals surface area contributed by atoms with Crippen LogP contribution in [0, 0.1) is 31.6 Å². The molecule has 7 heteroatoms. The molecule has 5 aromatic rings. The number of para-hydroxylation sites is 2. The maximum atomic E-state index is 14.2. The Kier molecular flexibility index (Phi) is 7.44. The van der Waals surface area contributed by atoms with Gasteiger partial charge < -0.3 is 0 Å². The normalized spacial score (nSPS) is 11.9. The van der Waals surface area contributed by atoms with Crippen molar-refractivity contribution >= 4 is 45.7 Å². The van der Waals surface area contributed by atoms with Gasteiger partial charge in [0.1, 0.15) is 4.70 Å². The average Bonchev–Trinajstić information content (AvgIpc) is 3.19. The number of aromatic nitrogens is 3. The van der Waals surface area contributed by atoms with Gasteiger partial charge in [0.2, 0.25) is 0 Å². The van der Waals surface area contributed by atoms with Crippen LogP contribution in [0.2, 0.25) is 0 Å². The minimum absolute atomic E-state index is 0.0796. The standard InChI is InChI=1S/C32H33N3OS3/c1-19-10-8-11-20(2)25(19)34-28-27(39-31(34)37)29(36)35(26-21(3)12-9-13-22(26)4)30(33-28)38-18-23-14-16-24(17-15-23)32(5,6)7/h8-17H,18H2,1-7H3. The lowest BCUT2D eigenvalue weighted by atomic mass is 9.87. The van der Waals surface area contributed by atoms with Crippen LogP contribution in [-0.4, -0.2) is 14.1 Å². The van der Waals surface area contributed by atoms with Gasteiger partial charge in [-0.05, 0) is 78.7 Å². The van der Waals surface area contributed by atoms with Gasteiger partial charge in [-0.1, -0.05) is 105 Å². The number of thiazole rings is 1. The third-order valence-electron chi connectivity index (χ3n) is 7.09. The number of fused-ring (bicyclic) bond motifs is 1. The second-order valence-electron chi connectivity index (χ2n) is 11.1. The molecule has 0 aliphatic heterocycles. The molecule has 2 heterocycles. The van der Waals surface area contributed by atoms with Gasteiger partial charge in [-0.15, -0.1) is 0 Å². The summed E-state index contributed by atoms with van der Waals surface area (Å²) in [5.41, 5.74) is 9.29. The van der Waals surface area contributed by atoms with Crippen LogP contribution in [0.1, 0.15) is 54.2 Å². The Morgan fingerprint density at radius 1 is 0.821 bits per heavy atom. The summed E-state index contributed by atoms with van der Waals surface area (Å²) in [5, 5.41) is 0.664. The van der Waals surface area contributed by atoms with Crippen LogP contribution in [0.4, 0.5) is 0 Å².